The summed E-state index contributed by atoms with van der Waals surface area (Å²) in [6.07, 6.45) is 1.09. The van der Waals surface area contributed by atoms with Gasteiger partial charge in [-0.15, -0.1) is 10.2 Å². The number of carbonyl (C=O) groups is 1. The maximum Gasteiger partial charge on any atom is 0.209 e. The quantitative estimate of drug-likeness (QED) is 0.448. The molecule has 1 heterocycles. The van der Waals surface area contributed by atoms with Crippen LogP contribution in [0.1, 0.15) is 21.7 Å². The smallest absolute Gasteiger partial charge is 0.209 e. The van der Waals surface area contributed by atoms with Crippen LogP contribution >= 0.6 is 11.8 Å². The van der Waals surface area contributed by atoms with Crippen LogP contribution in [0.5, 0.6) is 0 Å². The van der Waals surface area contributed by atoms with E-state index in [4.69, 9.17) is 0 Å². The Kier molecular flexibility index (Phi) is 6.28. The summed E-state index contributed by atoms with van der Waals surface area (Å²) in [6, 6.07) is 16.8. The Bertz CT molecular complexity index is 1060. The summed E-state index contributed by atoms with van der Waals surface area (Å²) in [6.45, 7) is 1.99. The van der Waals surface area contributed by atoms with Crippen LogP contribution in [0.2, 0.25) is 0 Å². The molecule has 0 unspecified atom stereocenters. The molecule has 28 heavy (non-hydrogen) atoms. The monoisotopic (exact) mass is 416 g/mol. The largest absolute Gasteiger partial charge is 0.293 e. The third kappa shape index (κ3) is 5.28. The number of hydrogen-bond acceptors (Lipinski definition) is 6. The van der Waals surface area contributed by atoms with E-state index in [1.807, 2.05) is 49.4 Å². The first-order chi connectivity index (χ1) is 13.3. The molecule has 0 radical (unpaired) electrons. The lowest BCUT2D eigenvalue weighted by atomic mass is 10.2. The van der Waals surface area contributed by atoms with E-state index in [1.165, 1.54) is 11.8 Å². The van der Waals surface area contributed by atoms with Crippen LogP contribution in [0.15, 0.2) is 59.8 Å². The van der Waals surface area contributed by atoms with Crippen LogP contribution in [-0.4, -0.2) is 41.0 Å². The van der Waals surface area contributed by atoms with Crippen LogP contribution in [0, 0.1) is 6.92 Å². The molecular weight excluding hydrogens is 396 g/mol. The lowest BCUT2D eigenvalue weighted by molar-refractivity contribution is 0.102. The first-order valence-electron chi connectivity index (χ1n) is 8.50. The van der Waals surface area contributed by atoms with Gasteiger partial charge in [0, 0.05) is 11.3 Å². The predicted octanol–water partition coefficient (Wildman–Crippen LogP) is 2.60. The number of nitrogens with one attached hydrogen (secondary N) is 1. The molecule has 3 rings (SSSR count). The molecule has 0 atom stereocenters. The number of Topliss-reactive ketones (excluding diaryl/α,β-unsaturated/α-hetero) is 1. The van der Waals surface area contributed by atoms with E-state index < -0.39 is 10.0 Å². The third-order valence-electron chi connectivity index (χ3n) is 3.91. The average molecular weight is 417 g/mol. The van der Waals surface area contributed by atoms with Gasteiger partial charge in [0.1, 0.15) is 0 Å². The number of benzene rings is 2. The summed E-state index contributed by atoms with van der Waals surface area (Å²) >= 11 is 1.27. The van der Waals surface area contributed by atoms with E-state index in [-0.39, 0.29) is 18.1 Å². The Morgan fingerprint density at radius 2 is 1.75 bits per heavy atom. The summed E-state index contributed by atoms with van der Waals surface area (Å²) in [7, 11) is -3.37. The van der Waals surface area contributed by atoms with E-state index in [0.29, 0.717) is 16.5 Å². The van der Waals surface area contributed by atoms with E-state index in [2.05, 4.69) is 14.9 Å². The molecule has 0 saturated carbocycles. The fraction of sp³-hybridized carbons (Fsp3) is 0.211. The highest BCUT2D eigenvalue weighted by atomic mass is 32.2. The van der Waals surface area contributed by atoms with Crippen molar-refractivity contribution in [2.45, 2.75) is 18.6 Å². The second-order valence-corrected chi connectivity index (χ2v) is 9.02. The fourth-order valence-electron chi connectivity index (χ4n) is 2.49. The summed E-state index contributed by atoms with van der Waals surface area (Å²) < 4.78 is 27.1. The fourth-order valence-corrected chi connectivity index (χ4v) is 3.75. The van der Waals surface area contributed by atoms with Gasteiger partial charge in [-0.3, -0.25) is 9.36 Å². The zero-order chi connectivity index (χ0) is 20.1. The van der Waals surface area contributed by atoms with Gasteiger partial charge in [-0.05, 0) is 19.1 Å². The highest BCUT2D eigenvalue weighted by Crippen LogP contribution is 2.23. The number of sulfonamides is 1. The topological polar surface area (TPSA) is 93.9 Å². The number of nitrogens with zero attached hydrogens (tertiary/aromatic N) is 3. The van der Waals surface area contributed by atoms with Gasteiger partial charge in [0.2, 0.25) is 10.0 Å². The van der Waals surface area contributed by atoms with Crippen LogP contribution < -0.4 is 4.72 Å². The number of aryl methyl sites for hydroxylation is 1. The van der Waals surface area contributed by atoms with Crippen molar-refractivity contribution in [1.29, 1.82) is 0 Å². The number of rotatable bonds is 8. The van der Waals surface area contributed by atoms with E-state index in [0.717, 1.165) is 17.5 Å². The minimum absolute atomic E-state index is 0.00685. The van der Waals surface area contributed by atoms with Crippen LogP contribution in [0.3, 0.4) is 0 Å². The molecule has 3 aromatic rings. The standard InChI is InChI=1S/C19H20N4O3S2/c1-14-8-10-16(11-9-14)23-18(12-20-28(2,25)26)21-22-19(23)27-13-17(24)15-6-4-3-5-7-15/h3-11,20H,12-13H2,1-2H3. The third-order valence-corrected chi connectivity index (χ3v) is 5.51. The van der Waals surface area contributed by atoms with Gasteiger partial charge in [-0.25, -0.2) is 13.1 Å². The minimum atomic E-state index is -3.37. The zero-order valence-corrected chi connectivity index (χ0v) is 17.1. The summed E-state index contributed by atoms with van der Waals surface area (Å²) in [5.74, 6) is 0.636. The average Bonchev–Trinajstić information content (AvgIpc) is 3.08. The SMILES string of the molecule is Cc1ccc(-n2c(CNS(C)(=O)=O)nnc2SCC(=O)c2ccccc2)cc1. The van der Waals surface area contributed by atoms with Crippen molar-refractivity contribution in [2.24, 2.45) is 0 Å². The van der Waals surface area contributed by atoms with E-state index in [9.17, 15) is 13.2 Å². The Morgan fingerprint density at radius 3 is 2.39 bits per heavy atom. The lowest BCUT2D eigenvalue weighted by Gasteiger charge is -2.11. The number of carbonyl (C=O) groups excluding carboxylic acids is 1. The second kappa shape index (κ2) is 8.68. The predicted molar refractivity (Wildman–Crippen MR) is 109 cm³/mol. The van der Waals surface area contributed by atoms with Crippen molar-refractivity contribution in [3.05, 3.63) is 71.5 Å². The van der Waals surface area contributed by atoms with E-state index in [1.54, 1.807) is 16.7 Å². The highest BCUT2D eigenvalue weighted by Gasteiger charge is 2.17. The van der Waals surface area contributed by atoms with Crippen molar-refractivity contribution < 1.29 is 13.2 Å². The molecule has 2 aromatic carbocycles. The molecule has 0 aliphatic carbocycles. The molecule has 0 spiro atoms. The molecule has 0 fully saturated rings. The maximum absolute atomic E-state index is 12.4. The van der Waals surface area contributed by atoms with Crippen LogP contribution in [0.4, 0.5) is 0 Å². The van der Waals surface area contributed by atoms with Gasteiger partial charge >= 0.3 is 0 Å². The first-order valence-corrected chi connectivity index (χ1v) is 11.4. The Balaban J connectivity index is 1.86. The van der Waals surface area contributed by atoms with Crippen molar-refractivity contribution in [3.8, 4) is 5.69 Å². The molecule has 0 aliphatic rings. The molecule has 1 aromatic heterocycles. The van der Waals surface area contributed by atoms with Gasteiger partial charge in [0.05, 0.1) is 18.6 Å². The first kappa shape index (κ1) is 20.2. The maximum atomic E-state index is 12.4. The molecule has 7 nitrogen and oxygen atoms in total. The summed E-state index contributed by atoms with van der Waals surface area (Å²) in [4.78, 5) is 12.4. The molecular formula is C19H20N4O3S2. The Hall–Kier alpha value is -2.49. The summed E-state index contributed by atoms with van der Waals surface area (Å²) in [5, 5.41) is 8.82. The highest BCUT2D eigenvalue weighted by molar-refractivity contribution is 7.99. The minimum Gasteiger partial charge on any atom is -0.293 e. The van der Waals surface area contributed by atoms with Crippen molar-refractivity contribution in [1.82, 2.24) is 19.5 Å². The molecule has 0 aliphatic heterocycles. The van der Waals surface area contributed by atoms with Crippen LogP contribution in [0.25, 0.3) is 5.69 Å². The van der Waals surface area contributed by atoms with Gasteiger partial charge in [-0.1, -0.05) is 59.8 Å². The van der Waals surface area contributed by atoms with Crippen molar-refractivity contribution >= 4 is 27.6 Å². The van der Waals surface area contributed by atoms with Gasteiger partial charge in [0.25, 0.3) is 0 Å². The van der Waals surface area contributed by atoms with E-state index >= 15 is 0 Å². The molecule has 146 valence electrons. The summed E-state index contributed by atoms with van der Waals surface area (Å²) in [5.41, 5.74) is 2.53. The number of hydrogen-bond donors (Lipinski definition) is 1. The molecule has 1 N–H and O–H groups in total. The Morgan fingerprint density at radius 1 is 1.07 bits per heavy atom. The zero-order valence-electron chi connectivity index (χ0n) is 15.5. The number of aromatic nitrogens is 3. The van der Waals surface area contributed by atoms with Crippen LogP contribution in [-0.2, 0) is 16.6 Å². The second-order valence-electron chi connectivity index (χ2n) is 6.24. The lowest BCUT2D eigenvalue weighted by Crippen LogP contribution is -2.23. The van der Waals surface area contributed by atoms with Crippen molar-refractivity contribution in [2.75, 3.05) is 12.0 Å². The Labute approximate surface area is 168 Å². The van der Waals surface area contributed by atoms with Gasteiger partial charge in [-0.2, -0.15) is 0 Å². The molecule has 0 bridgehead atoms. The number of thioether (sulfide) groups is 1. The molecule has 0 saturated heterocycles. The molecule has 9 heteroatoms. The van der Waals surface area contributed by atoms with Crippen molar-refractivity contribution in [3.63, 3.8) is 0 Å². The van der Waals surface area contributed by atoms with Gasteiger partial charge in [0.15, 0.2) is 16.8 Å². The number of ketones is 1. The molecule has 0 amide bonds. The van der Waals surface area contributed by atoms with Gasteiger partial charge < -0.3 is 0 Å². The normalized spacial score (nSPS) is 11.5.